The molecule has 2 aliphatic rings. The van der Waals surface area contributed by atoms with E-state index in [1.807, 2.05) is 47.4 Å². The lowest BCUT2D eigenvalue weighted by atomic mass is 10.0. The van der Waals surface area contributed by atoms with Gasteiger partial charge >= 0.3 is 0 Å². The van der Waals surface area contributed by atoms with Gasteiger partial charge in [-0.25, -0.2) is 0 Å². The summed E-state index contributed by atoms with van der Waals surface area (Å²) >= 11 is 0. The van der Waals surface area contributed by atoms with E-state index in [-0.39, 0.29) is 12.1 Å². The first kappa shape index (κ1) is 11.5. The van der Waals surface area contributed by atoms with E-state index < -0.39 is 0 Å². The molecule has 1 N–H and O–H groups in total. The zero-order chi connectivity index (χ0) is 13.5. The lowest BCUT2D eigenvalue weighted by Crippen LogP contribution is -2.44. The first-order valence-electron chi connectivity index (χ1n) is 7.08. The van der Waals surface area contributed by atoms with Gasteiger partial charge in [0.2, 0.25) is 0 Å². The minimum atomic E-state index is -0.0499. The molecule has 1 atom stereocenters. The van der Waals surface area contributed by atoms with Gasteiger partial charge in [0.25, 0.3) is 5.91 Å². The first-order valence-corrected chi connectivity index (χ1v) is 7.08. The number of benzene rings is 2. The summed E-state index contributed by atoms with van der Waals surface area (Å²) < 4.78 is 0. The summed E-state index contributed by atoms with van der Waals surface area (Å²) in [6.45, 7) is 0. The summed E-state index contributed by atoms with van der Waals surface area (Å²) in [6, 6.07) is 18.4. The van der Waals surface area contributed by atoms with Crippen molar-refractivity contribution in [2.75, 3.05) is 5.32 Å². The van der Waals surface area contributed by atoms with Crippen molar-refractivity contribution in [3.8, 4) is 0 Å². The van der Waals surface area contributed by atoms with Crippen LogP contribution in [-0.2, 0) is 0 Å². The SMILES string of the molecule is O=C1c2ccccc2N[C@H](c2ccccc2)N1C1CC1. The molecular weight excluding hydrogens is 248 g/mol. The number of para-hydroxylation sites is 1. The van der Waals surface area contributed by atoms with E-state index >= 15 is 0 Å². The smallest absolute Gasteiger partial charge is 0.258 e. The highest BCUT2D eigenvalue weighted by atomic mass is 16.2. The highest BCUT2D eigenvalue weighted by Gasteiger charge is 2.41. The second-order valence-corrected chi connectivity index (χ2v) is 5.45. The van der Waals surface area contributed by atoms with Crippen molar-refractivity contribution in [3.63, 3.8) is 0 Å². The summed E-state index contributed by atoms with van der Waals surface area (Å²) in [5.41, 5.74) is 2.86. The predicted molar refractivity (Wildman–Crippen MR) is 78.4 cm³/mol. The zero-order valence-corrected chi connectivity index (χ0v) is 11.1. The van der Waals surface area contributed by atoms with Gasteiger partial charge in [0.05, 0.1) is 5.56 Å². The number of carbonyl (C=O) groups excluding carboxylic acids is 1. The number of carbonyl (C=O) groups is 1. The fraction of sp³-hybridized carbons (Fsp3) is 0.235. The predicted octanol–water partition coefficient (Wildman–Crippen LogP) is 3.42. The van der Waals surface area contributed by atoms with Crippen LogP contribution in [0.2, 0.25) is 0 Å². The number of hydrogen-bond donors (Lipinski definition) is 1. The Morgan fingerprint density at radius 2 is 1.65 bits per heavy atom. The molecule has 1 heterocycles. The summed E-state index contributed by atoms with van der Waals surface area (Å²) in [4.78, 5) is 14.8. The maximum Gasteiger partial charge on any atom is 0.258 e. The molecule has 1 aliphatic carbocycles. The molecule has 2 aromatic rings. The Morgan fingerprint density at radius 1 is 0.950 bits per heavy atom. The van der Waals surface area contributed by atoms with Crippen LogP contribution in [0.15, 0.2) is 54.6 Å². The van der Waals surface area contributed by atoms with Crippen molar-refractivity contribution in [2.24, 2.45) is 0 Å². The Labute approximate surface area is 118 Å². The third kappa shape index (κ3) is 1.78. The van der Waals surface area contributed by atoms with Gasteiger partial charge in [-0.1, -0.05) is 42.5 Å². The van der Waals surface area contributed by atoms with Gasteiger partial charge in [0.15, 0.2) is 0 Å². The van der Waals surface area contributed by atoms with Crippen molar-refractivity contribution < 1.29 is 4.79 Å². The topological polar surface area (TPSA) is 32.3 Å². The average molecular weight is 264 g/mol. The van der Waals surface area contributed by atoms with E-state index in [0.29, 0.717) is 6.04 Å². The van der Waals surface area contributed by atoms with E-state index in [1.165, 1.54) is 0 Å². The number of rotatable bonds is 2. The van der Waals surface area contributed by atoms with Gasteiger partial charge in [0.1, 0.15) is 6.17 Å². The summed E-state index contributed by atoms with van der Waals surface area (Å²) in [5.74, 6) is 0.149. The van der Waals surface area contributed by atoms with Crippen molar-refractivity contribution in [1.82, 2.24) is 4.90 Å². The minimum Gasteiger partial charge on any atom is -0.361 e. The molecule has 0 aromatic heterocycles. The van der Waals surface area contributed by atoms with Crippen LogP contribution in [0.5, 0.6) is 0 Å². The third-order valence-corrected chi connectivity index (χ3v) is 4.02. The van der Waals surface area contributed by atoms with Gasteiger partial charge in [-0.3, -0.25) is 4.79 Å². The molecule has 0 spiro atoms. The quantitative estimate of drug-likeness (QED) is 0.901. The molecule has 1 fully saturated rings. The van der Waals surface area contributed by atoms with E-state index in [4.69, 9.17) is 0 Å². The maximum absolute atomic E-state index is 12.8. The van der Waals surface area contributed by atoms with Crippen molar-refractivity contribution in [3.05, 3.63) is 65.7 Å². The van der Waals surface area contributed by atoms with Crippen LogP contribution in [0.4, 0.5) is 5.69 Å². The Bertz CT molecular complexity index is 649. The third-order valence-electron chi connectivity index (χ3n) is 4.02. The van der Waals surface area contributed by atoms with Gasteiger partial charge in [-0.15, -0.1) is 0 Å². The standard InChI is InChI=1S/C17H16N2O/c20-17-14-8-4-5-9-15(14)18-16(19(17)13-10-11-13)12-6-2-1-3-7-12/h1-9,13,16,18H,10-11H2/t16-/m0/s1. The Balaban J connectivity index is 1.80. The van der Waals surface area contributed by atoms with Crippen molar-refractivity contribution in [1.29, 1.82) is 0 Å². The molecule has 1 aliphatic heterocycles. The number of nitrogens with zero attached hydrogens (tertiary/aromatic N) is 1. The molecule has 100 valence electrons. The second kappa shape index (κ2) is 4.37. The molecule has 1 saturated carbocycles. The van der Waals surface area contributed by atoms with E-state index in [0.717, 1.165) is 29.7 Å². The molecule has 3 heteroatoms. The summed E-state index contributed by atoms with van der Waals surface area (Å²) in [6.07, 6.45) is 2.17. The highest BCUT2D eigenvalue weighted by molar-refractivity contribution is 6.02. The molecule has 3 nitrogen and oxygen atoms in total. The largest absolute Gasteiger partial charge is 0.361 e. The Kier molecular flexibility index (Phi) is 2.52. The minimum absolute atomic E-state index is 0.0499. The zero-order valence-electron chi connectivity index (χ0n) is 11.1. The fourth-order valence-electron chi connectivity index (χ4n) is 2.88. The number of anilines is 1. The van der Waals surface area contributed by atoms with Gasteiger partial charge < -0.3 is 10.2 Å². The fourth-order valence-corrected chi connectivity index (χ4v) is 2.88. The normalized spacial score (nSPS) is 21.3. The Hall–Kier alpha value is -2.29. The van der Waals surface area contributed by atoms with Crippen LogP contribution < -0.4 is 5.32 Å². The van der Waals surface area contributed by atoms with Crippen LogP contribution >= 0.6 is 0 Å². The molecule has 0 radical (unpaired) electrons. The van der Waals surface area contributed by atoms with Crippen LogP contribution in [0.1, 0.15) is 34.9 Å². The lowest BCUT2D eigenvalue weighted by Gasteiger charge is -2.38. The van der Waals surface area contributed by atoms with Gasteiger partial charge in [0, 0.05) is 11.7 Å². The average Bonchev–Trinajstić information content (AvgIpc) is 3.33. The maximum atomic E-state index is 12.8. The molecule has 4 rings (SSSR count). The Morgan fingerprint density at radius 3 is 2.40 bits per heavy atom. The molecule has 1 amide bonds. The van der Waals surface area contributed by atoms with E-state index in [1.54, 1.807) is 0 Å². The summed E-state index contributed by atoms with van der Waals surface area (Å²) in [5, 5.41) is 3.52. The molecule has 2 aromatic carbocycles. The first-order chi connectivity index (χ1) is 9.84. The number of nitrogens with one attached hydrogen (secondary N) is 1. The highest BCUT2D eigenvalue weighted by Crippen LogP contribution is 2.40. The van der Waals surface area contributed by atoms with Crippen LogP contribution in [0.3, 0.4) is 0 Å². The molecule has 20 heavy (non-hydrogen) atoms. The number of amides is 1. The molecule has 0 bridgehead atoms. The van der Waals surface area contributed by atoms with Crippen LogP contribution in [0, 0.1) is 0 Å². The number of hydrogen-bond acceptors (Lipinski definition) is 2. The molecule has 0 saturated heterocycles. The van der Waals surface area contributed by atoms with Gasteiger partial charge in [-0.05, 0) is 30.5 Å². The van der Waals surface area contributed by atoms with E-state index in [2.05, 4.69) is 17.4 Å². The molecule has 0 unspecified atom stereocenters. The van der Waals surface area contributed by atoms with Crippen LogP contribution in [-0.4, -0.2) is 16.8 Å². The van der Waals surface area contributed by atoms with Gasteiger partial charge in [-0.2, -0.15) is 0 Å². The lowest BCUT2D eigenvalue weighted by molar-refractivity contribution is 0.0666. The second-order valence-electron chi connectivity index (χ2n) is 5.45. The number of fused-ring (bicyclic) bond motifs is 1. The van der Waals surface area contributed by atoms with Crippen LogP contribution in [0.25, 0.3) is 0 Å². The molecular formula is C17H16N2O. The van der Waals surface area contributed by atoms with E-state index in [9.17, 15) is 4.79 Å². The van der Waals surface area contributed by atoms with Crippen molar-refractivity contribution in [2.45, 2.75) is 25.0 Å². The van der Waals surface area contributed by atoms with Crippen molar-refractivity contribution >= 4 is 11.6 Å². The summed E-state index contributed by atoms with van der Waals surface area (Å²) in [7, 11) is 0. The monoisotopic (exact) mass is 264 g/mol.